The van der Waals surface area contributed by atoms with Crippen molar-refractivity contribution in [3.05, 3.63) is 70.2 Å². The fourth-order valence-electron chi connectivity index (χ4n) is 3.90. The number of ether oxygens (including phenoxy) is 4. The molecule has 4 aromatic rings. The largest absolute Gasteiger partial charge is 0.493 e. The second-order valence-electron chi connectivity index (χ2n) is 7.47. The van der Waals surface area contributed by atoms with Crippen LogP contribution in [0.15, 0.2) is 54.6 Å². The van der Waals surface area contributed by atoms with Gasteiger partial charge in [0.25, 0.3) is 0 Å². The number of hydrogen-bond donors (Lipinski definition) is 0. The first-order valence-electron chi connectivity index (χ1n) is 10.4. The number of halogens is 2. The van der Waals surface area contributed by atoms with Gasteiger partial charge in [0.2, 0.25) is 0 Å². The van der Waals surface area contributed by atoms with Crippen LogP contribution in [0.3, 0.4) is 0 Å². The van der Waals surface area contributed by atoms with Crippen LogP contribution in [0.5, 0.6) is 23.0 Å². The fourth-order valence-corrected chi connectivity index (χ4v) is 4.26. The molecule has 0 amide bonds. The molecule has 0 aliphatic carbocycles. The predicted octanol–water partition coefficient (Wildman–Crippen LogP) is 6.86. The van der Waals surface area contributed by atoms with Gasteiger partial charge >= 0.3 is 0 Å². The van der Waals surface area contributed by atoms with E-state index in [4.69, 9.17) is 47.2 Å². The molecule has 6 nitrogen and oxygen atoms in total. The van der Waals surface area contributed by atoms with Gasteiger partial charge in [-0.1, -0.05) is 23.2 Å². The molecule has 4 rings (SSSR count). The van der Waals surface area contributed by atoms with E-state index in [2.05, 4.69) is 0 Å². The van der Waals surface area contributed by atoms with Crippen LogP contribution in [0.1, 0.15) is 5.56 Å². The number of rotatable bonds is 7. The minimum Gasteiger partial charge on any atom is -0.493 e. The van der Waals surface area contributed by atoms with E-state index in [1.54, 1.807) is 51.3 Å². The number of hydrogen-bond acceptors (Lipinski definition) is 5. The molecule has 0 bridgehead atoms. The minimum atomic E-state index is 0.521. The molecule has 0 atom stereocenters. The van der Waals surface area contributed by atoms with Crippen LogP contribution in [0.4, 0.5) is 0 Å². The average molecular weight is 499 g/mol. The third-order valence-corrected chi connectivity index (χ3v) is 6.13. The Labute approximate surface area is 208 Å². The van der Waals surface area contributed by atoms with Gasteiger partial charge in [-0.2, -0.15) is 5.10 Å². The lowest BCUT2D eigenvalue weighted by atomic mass is 10.0. The van der Waals surface area contributed by atoms with Crippen molar-refractivity contribution in [3.8, 4) is 51.2 Å². The molecule has 8 heteroatoms. The van der Waals surface area contributed by atoms with E-state index >= 15 is 0 Å². The highest BCUT2D eigenvalue weighted by molar-refractivity contribution is 6.34. The molecule has 0 fully saturated rings. The maximum Gasteiger partial charge on any atom is 0.161 e. The van der Waals surface area contributed by atoms with Gasteiger partial charge < -0.3 is 18.9 Å². The summed E-state index contributed by atoms with van der Waals surface area (Å²) in [6, 6.07) is 16.7. The van der Waals surface area contributed by atoms with E-state index in [1.807, 2.05) is 43.3 Å². The first-order chi connectivity index (χ1) is 16.4. The van der Waals surface area contributed by atoms with Crippen molar-refractivity contribution < 1.29 is 18.9 Å². The van der Waals surface area contributed by atoms with Gasteiger partial charge in [0, 0.05) is 21.7 Å². The van der Waals surface area contributed by atoms with E-state index in [9.17, 15) is 0 Å². The van der Waals surface area contributed by atoms with Crippen LogP contribution in [0.2, 0.25) is 10.0 Å². The van der Waals surface area contributed by atoms with Crippen LogP contribution in [-0.2, 0) is 0 Å². The molecular weight excluding hydrogens is 475 g/mol. The summed E-state index contributed by atoms with van der Waals surface area (Å²) in [4.78, 5) is 0. The minimum absolute atomic E-state index is 0.521. The Hall–Kier alpha value is -3.35. The second-order valence-corrected chi connectivity index (χ2v) is 8.31. The maximum atomic E-state index is 6.59. The highest BCUT2D eigenvalue weighted by atomic mass is 35.5. The van der Waals surface area contributed by atoms with Crippen molar-refractivity contribution in [3.63, 3.8) is 0 Å². The monoisotopic (exact) mass is 498 g/mol. The molecule has 0 saturated carbocycles. The summed E-state index contributed by atoms with van der Waals surface area (Å²) in [5.74, 6) is 2.50. The molecule has 0 radical (unpaired) electrons. The van der Waals surface area contributed by atoms with E-state index in [1.165, 1.54) is 0 Å². The molecular formula is C26H24Cl2N2O4. The molecule has 176 valence electrons. The zero-order chi connectivity index (χ0) is 24.4. The normalized spacial score (nSPS) is 10.8. The van der Waals surface area contributed by atoms with Crippen molar-refractivity contribution >= 4 is 23.2 Å². The van der Waals surface area contributed by atoms with Crippen LogP contribution in [0.25, 0.3) is 28.2 Å². The van der Waals surface area contributed by atoms with Gasteiger partial charge in [-0.25, -0.2) is 4.68 Å². The summed E-state index contributed by atoms with van der Waals surface area (Å²) in [5, 5.41) is 6.04. The van der Waals surface area contributed by atoms with Gasteiger partial charge in [-0.05, 0) is 61.5 Å². The Kier molecular flexibility index (Phi) is 6.91. The van der Waals surface area contributed by atoms with Gasteiger partial charge in [-0.15, -0.1) is 0 Å². The van der Waals surface area contributed by atoms with Crippen LogP contribution in [-0.4, -0.2) is 38.2 Å². The van der Waals surface area contributed by atoms with Crippen molar-refractivity contribution in [1.29, 1.82) is 0 Å². The van der Waals surface area contributed by atoms with Gasteiger partial charge in [0.05, 0.1) is 50.5 Å². The molecule has 1 aromatic heterocycles. The zero-order valence-corrected chi connectivity index (χ0v) is 21.0. The topological polar surface area (TPSA) is 54.7 Å². The standard InChI is InChI=1S/C26H24Cl2N2O4/c1-15-25(16-6-10-21(31-2)23(12-16)33-4)29-30(20-14-18(27)8-9-19(20)28)26(15)17-7-11-22(32-3)24(13-17)34-5/h6-14H,1-5H3. The molecule has 3 aromatic carbocycles. The summed E-state index contributed by atoms with van der Waals surface area (Å²) >= 11 is 12.9. The number of nitrogens with zero attached hydrogens (tertiary/aromatic N) is 2. The van der Waals surface area contributed by atoms with Gasteiger partial charge in [-0.3, -0.25) is 0 Å². The zero-order valence-electron chi connectivity index (χ0n) is 19.5. The maximum absolute atomic E-state index is 6.59. The lowest BCUT2D eigenvalue weighted by Gasteiger charge is -2.13. The molecule has 0 N–H and O–H groups in total. The predicted molar refractivity (Wildman–Crippen MR) is 135 cm³/mol. The van der Waals surface area contributed by atoms with Gasteiger partial charge in [0.1, 0.15) is 0 Å². The fraction of sp³-hybridized carbons (Fsp3) is 0.192. The number of aromatic nitrogens is 2. The SMILES string of the molecule is COc1ccc(-c2nn(-c3cc(Cl)ccc3Cl)c(-c3ccc(OC)c(OC)c3)c2C)cc1OC. The molecule has 0 saturated heterocycles. The van der Waals surface area contributed by atoms with Crippen molar-refractivity contribution in [2.75, 3.05) is 28.4 Å². The van der Waals surface area contributed by atoms with E-state index in [0.29, 0.717) is 38.7 Å². The van der Waals surface area contributed by atoms with Crippen molar-refractivity contribution in [1.82, 2.24) is 9.78 Å². The molecule has 0 aliphatic rings. The highest BCUT2D eigenvalue weighted by Crippen LogP contribution is 2.40. The third-order valence-electron chi connectivity index (χ3n) is 5.57. The Balaban J connectivity index is 2.00. The summed E-state index contributed by atoms with van der Waals surface area (Å²) < 4.78 is 23.7. The Morgan fingerprint density at radius 3 is 1.82 bits per heavy atom. The first kappa shape index (κ1) is 23.8. The van der Waals surface area contributed by atoms with Crippen molar-refractivity contribution in [2.24, 2.45) is 0 Å². The highest BCUT2D eigenvalue weighted by Gasteiger charge is 2.22. The summed E-state index contributed by atoms with van der Waals surface area (Å²) in [6.07, 6.45) is 0. The smallest absolute Gasteiger partial charge is 0.161 e. The Morgan fingerprint density at radius 1 is 0.676 bits per heavy atom. The molecule has 0 unspecified atom stereocenters. The first-order valence-corrected chi connectivity index (χ1v) is 11.2. The number of methoxy groups -OCH3 is 4. The lowest BCUT2D eigenvalue weighted by Crippen LogP contribution is -2.01. The number of benzene rings is 3. The molecule has 0 aliphatic heterocycles. The Morgan fingerprint density at radius 2 is 1.24 bits per heavy atom. The third kappa shape index (κ3) is 4.27. The summed E-state index contributed by atoms with van der Waals surface area (Å²) in [7, 11) is 6.42. The van der Waals surface area contributed by atoms with Crippen molar-refractivity contribution in [2.45, 2.75) is 6.92 Å². The second kappa shape index (κ2) is 9.87. The van der Waals surface area contributed by atoms with E-state index in [-0.39, 0.29) is 0 Å². The summed E-state index contributed by atoms with van der Waals surface area (Å²) in [6.45, 7) is 2.01. The average Bonchev–Trinajstić information content (AvgIpc) is 3.21. The van der Waals surface area contributed by atoms with Gasteiger partial charge in [0.15, 0.2) is 23.0 Å². The van der Waals surface area contributed by atoms with Crippen LogP contribution < -0.4 is 18.9 Å². The molecule has 34 heavy (non-hydrogen) atoms. The van der Waals surface area contributed by atoms with E-state index < -0.39 is 0 Å². The lowest BCUT2D eigenvalue weighted by molar-refractivity contribution is 0.355. The van der Waals surface area contributed by atoms with Crippen LogP contribution in [0, 0.1) is 6.92 Å². The molecule has 0 spiro atoms. The summed E-state index contributed by atoms with van der Waals surface area (Å²) in [5.41, 5.74) is 4.96. The Bertz CT molecular complexity index is 1350. The molecule has 1 heterocycles. The van der Waals surface area contributed by atoms with E-state index in [0.717, 1.165) is 28.1 Å². The van der Waals surface area contributed by atoms with Crippen LogP contribution >= 0.6 is 23.2 Å². The quantitative estimate of drug-likeness (QED) is 0.278.